The summed E-state index contributed by atoms with van der Waals surface area (Å²) in [6, 6.07) is 6.12. The van der Waals surface area contributed by atoms with Crippen molar-refractivity contribution in [3.8, 4) is 5.88 Å². The van der Waals surface area contributed by atoms with Crippen molar-refractivity contribution in [2.45, 2.75) is 19.9 Å². The molecule has 0 spiro atoms. The molecule has 7 heteroatoms. The van der Waals surface area contributed by atoms with Gasteiger partial charge in [0.05, 0.1) is 17.7 Å². The van der Waals surface area contributed by atoms with Gasteiger partial charge in [-0.15, -0.1) is 0 Å². The second kappa shape index (κ2) is 7.57. The summed E-state index contributed by atoms with van der Waals surface area (Å²) in [5.41, 5.74) is 0.501. The van der Waals surface area contributed by atoms with E-state index in [9.17, 15) is 13.6 Å². The number of benzene rings is 1. The Kier molecular flexibility index (Phi) is 5.72. The molecule has 128 valence electrons. The number of hydrogen-bond donors (Lipinski definition) is 0. The molecule has 0 aliphatic carbocycles. The summed E-state index contributed by atoms with van der Waals surface area (Å²) in [6.07, 6.45) is 0. The monoisotopic (exact) mass is 354 g/mol. The summed E-state index contributed by atoms with van der Waals surface area (Å²) >= 11 is 6.06. The van der Waals surface area contributed by atoms with Crippen LogP contribution >= 0.6 is 11.6 Å². The van der Waals surface area contributed by atoms with E-state index in [1.54, 1.807) is 27.0 Å². The van der Waals surface area contributed by atoms with E-state index < -0.39 is 23.6 Å². The highest BCUT2D eigenvalue weighted by Gasteiger charge is 2.23. The van der Waals surface area contributed by atoms with Gasteiger partial charge in [0.1, 0.15) is 0 Å². The average Bonchev–Trinajstić information content (AvgIpc) is 2.57. The van der Waals surface area contributed by atoms with Crippen LogP contribution in [0.4, 0.5) is 8.78 Å². The highest BCUT2D eigenvalue weighted by molar-refractivity contribution is 6.33. The zero-order chi connectivity index (χ0) is 17.9. The molecule has 1 amide bonds. The number of nitrogens with zero attached hydrogens (tertiary/aromatic N) is 2. The van der Waals surface area contributed by atoms with Gasteiger partial charge in [-0.05, 0) is 37.6 Å². The minimum Gasteiger partial charge on any atom is -0.478 e. The molecule has 0 fully saturated rings. The van der Waals surface area contributed by atoms with Gasteiger partial charge in [0.2, 0.25) is 5.88 Å². The van der Waals surface area contributed by atoms with Crippen LogP contribution in [0.15, 0.2) is 30.3 Å². The molecule has 0 radical (unpaired) electrons. The summed E-state index contributed by atoms with van der Waals surface area (Å²) in [7, 11) is 1.54. The Morgan fingerprint density at radius 3 is 2.62 bits per heavy atom. The predicted molar refractivity (Wildman–Crippen MR) is 87.3 cm³/mol. The van der Waals surface area contributed by atoms with Crippen molar-refractivity contribution in [2.75, 3.05) is 13.7 Å². The molecule has 0 aliphatic heterocycles. The highest BCUT2D eigenvalue weighted by Crippen LogP contribution is 2.25. The molecule has 2 rings (SSSR count). The van der Waals surface area contributed by atoms with Crippen molar-refractivity contribution in [3.05, 3.63) is 58.2 Å². The van der Waals surface area contributed by atoms with Crippen LogP contribution in [0.1, 0.15) is 35.9 Å². The first-order chi connectivity index (χ1) is 11.3. The normalized spacial score (nSPS) is 11.9. The fourth-order valence-corrected chi connectivity index (χ4v) is 2.33. The van der Waals surface area contributed by atoms with Crippen LogP contribution in [0.5, 0.6) is 5.88 Å². The summed E-state index contributed by atoms with van der Waals surface area (Å²) < 4.78 is 31.7. The fraction of sp³-hybridized carbons (Fsp3) is 0.294. The number of carbonyl (C=O) groups excluding carboxylic acids is 1. The fourth-order valence-electron chi connectivity index (χ4n) is 2.14. The van der Waals surface area contributed by atoms with Gasteiger partial charge in [-0.25, -0.2) is 13.8 Å². The minimum atomic E-state index is -0.963. The van der Waals surface area contributed by atoms with Crippen molar-refractivity contribution in [1.82, 2.24) is 9.88 Å². The Labute approximate surface area is 144 Å². The zero-order valence-electron chi connectivity index (χ0n) is 13.5. The van der Waals surface area contributed by atoms with Crippen LogP contribution in [-0.2, 0) is 0 Å². The lowest BCUT2D eigenvalue weighted by atomic mass is 10.1. The lowest BCUT2D eigenvalue weighted by Crippen LogP contribution is -2.30. The number of amides is 1. The van der Waals surface area contributed by atoms with Crippen molar-refractivity contribution >= 4 is 17.5 Å². The first kappa shape index (κ1) is 18.1. The SMILES string of the molecule is CCOc1ccc(Cl)c(C(=O)N(C)C(C)c2ccc(F)c(F)c2)n1. The Hall–Kier alpha value is -2.21. The summed E-state index contributed by atoms with van der Waals surface area (Å²) in [5, 5.41) is 0.188. The van der Waals surface area contributed by atoms with E-state index in [0.717, 1.165) is 12.1 Å². The van der Waals surface area contributed by atoms with Gasteiger partial charge in [0.15, 0.2) is 17.3 Å². The molecule has 1 aromatic heterocycles. The van der Waals surface area contributed by atoms with E-state index >= 15 is 0 Å². The first-order valence-corrected chi connectivity index (χ1v) is 7.74. The molecule has 0 aliphatic rings. The average molecular weight is 355 g/mol. The van der Waals surface area contributed by atoms with Gasteiger partial charge in [-0.2, -0.15) is 0 Å². The Balaban J connectivity index is 2.28. The van der Waals surface area contributed by atoms with Crippen molar-refractivity contribution < 1.29 is 18.3 Å². The molecule has 2 aromatic rings. The van der Waals surface area contributed by atoms with Crippen molar-refractivity contribution in [3.63, 3.8) is 0 Å². The van der Waals surface area contributed by atoms with Crippen LogP contribution in [0, 0.1) is 11.6 Å². The molecular formula is C17H17ClF2N2O2. The minimum absolute atomic E-state index is 0.0413. The van der Waals surface area contributed by atoms with Crippen molar-refractivity contribution in [2.24, 2.45) is 0 Å². The van der Waals surface area contributed by atoms with Gasteiger partial charge >= 0.3 is 0 Å². The zero-order valence-corrected chi connectivity index (χ0v) is 14.3. The Morgan fingerprint density at radius 1 is 1.29 bits per heavy atom. The number of ether oxygens (including phenoxy) is 1. The van der Waals surface area contributed by atoms with E-state index in [4.69, 9.17) is 16.3 Å². The largest absolute Gasteiger partial charge is 0.478 e. The van der Waals surface area contributed by atoms with Gasteiger partial charge in [-0.3, -0.25) is 4.79 Å². The molecule has 1 atom stereocenters. The maximum Gasteiger partial charge on any atom is 0.274 e. The molecule has 0 bridgehead atoms. The van der Waals surface area contributed by atoms with Crippen LogP contribution in [0.3, 0.4) is 0 Å². The maximum atomic E-state index is 13.4. The third-order valence-corrected chi connectivity index (χ3v) is 3.95. The third kappa shape index (κ3) is 3.82. The number of aromatic nitrogens is 1. The summed E-state index contributed by atoms with van der Waals surface area (Å²) in [6.45, 7) is 3.91. The van der Waals surface area contributed by atoms with Crippen molar-refractivity contribution in [1.29, 1.82) is 0 Å². The first-order valence-electron chi connectivity index (χ1n) is 7.36. The van der Waals surface area contributed by atoms with E-state index in [2.05, 4.69) is 4.98 Å². The Morgan fingerprint density at radius 2 is 2.00 bits per heavy atom. The quantitative estimate of drug-likeness (QED) is 0.806. The number of carbonyl (C=O) groups is 1. The topological polar surface area (TPSA) is 42.4 Å². The predicted octanol–water partition coefficient (Wildman–Crippen LogP) is 4.25. The molecule has 0 saturated heterocycles. The second-order valence-corrected chi connectivity index (χ2v) is 5.59. The standard InChI is InChI=1S/C17H17ClF2N2O2/c1-4-24-15-8-6-12(18)16(21-15)17(23)22(3)10(2)11-5-7-13(19)14(20)9-11/h5-10H,4H2,1-3H3. The van der Waals surface area contributed by atoms with E-state index in [-0.39, 0.29) is 10.7 Å². The second-order valence-electron chi connectivity index (χ2n) is 5.18. The van der Waals surface area contributed by atoms with Gasteiger partial charge in [-0.1, -0.05) is 17.7 Å². The van der Waals surface area contributed by atoms with E-state index in [1.807, 2.05) is 0 Å². The molecule has 1 unspecified atom stereocenters. The smallest absolute Gasteiger partial charge is 0.274 e. The molecule has 0 saturated carbocycles. The third-order valence-electron chi connectivity index (χ3n) is 3.64. The molecule has 1 heterocycles. The Bertz CT molecular complexity index is 755. The molecule has 24 heavy (non-hydrogen) atoms. The highest BCUT2D eigenvalue weighted by atomic mass is 35.5. The summed E-state index contributed by atoms with van der Waals surface area (Å²) in [5.74, 6) is -2.05. The van der Waals surface area contributed by atoms with Gasteiger partial charge in [0, 0.05) is 13.1 Å². The molecule has 4 nitrogen and oxygen atoms in total. The molecule has 1 aromatic carbocycles. The molecule has 0 N–H and O–H groups in total. The van der Waals surface area contributed by atoms with Crippen LogP contribution in [-0.4, -0.2) is 29.4 Å². The summed E-state index contributed by atoms with van der Waals surface area (Å²) in [4.78, 5) is 18.1. The number of halogens is 3. The van der Waals surface area contributed by atoms with Crippen LogP contribution < -0.4 is 4.74 Å². The number of pyridine rings is 1. The van der Waals surface area contributed by atoms with E-state index in [1.165, 1.54) is 17.0 Å². The van der Waals surface area contributed by atoms with Gasteiger partial charge < -0.3 is 9.64 Å². The van der Waals surface area contributed by atoms with Crippen LogP contribution in [0.25, 0.3) is 0 Å². The van der Waals surface area contributed by atoms with Gasteiger partial charge in [0.25, 0.3) is 5.91 Å². The van der Waals surface area contributed by atoms with Crippen LogP contribution in [0.2, 0.25) is 5.02 Å². The maximum absolute atomic E-state index is 13.4. The lowest BCUT2D eigenvalue weighted by molar-refractivity contribution is 0.0735. The molecular weight excluding hydrogens is 338 g/mol. The number of rotatable bonds is 5. The lowest BCUT2D eigenvalue weighted by Gasteiger charge is -2.25. The number of hydrogen-bond acceptors (Lipinski definition) is 3. The van der Waals surface area contributed by atoms with E-state index in [0.29, 0.717) is 18.1 Å².